The number of nitrogens with zero attached hydrogens (tertiary/aromatic N) is 2. The summed E-state index contributed by atoms with van der Waals surface area (Å²) in [5.74, 6) is 1.56. The van der Waals surface area contributed by atoms with Gasteiger partial charge in [-0.1, -0.05) is 29.3 Å². The highest BCUT2D eigenvalue weighted by Gasteiger charge is 2.27. The second-order valence-corrected chi connectivity index (χ2v) is 6.08. The van der Waals surface area contributed by atoms with Crippen LogP contribution < -0.4 is 4.74 Å². The van der Waals surface area contributed by atoms with Gasteiger partial charge in [-0.25, -0.2) is 0 Å². The first-order valence-electron chi connectivity index (χ1n) is 6.50. The predicted octanol–water partition coefficient (Wildman–Crippen LogP) is 3.72. The lowest BCUT2D eigenvalue weighted by Crippen LogP contribution is -2.18. The molecule has 1 aliphatic rings. The van der Waals surface area contributed by atoms with E-state index in [9.17, 15) is 0 Å². The van der Waals surface area contributed by atoms with E-state index in [1.54, 1.807) is 7.11 Å². The summed E-state index contributed by atoms with van der Waals surface area (Å²) in [6.07, 6.45) is 8.02. The zero-order valence-corrected chi connectivity index (χ0v) is 12.2. The van der Waals surface area contributed by atoms with Gasteiger partial charge in [-0.2, -0.15) is 5.10 Å². The zero-order valence-electron chi connectivity index (χ0n) is 10.7. The van der Waals surface area contributed by atoms with E-state index in [2.05, 4.69) is 32.6 Å². The van der Waals surface area contributed by atoms with E-state index < -0.39 is 0 Å². The number of alkyl halides is 1. The van der Waals surface area contributed by atoms with Gasteiger partial charge in [-0.15, -0.1) is 0 Å². The topological polar surface area (TPSA) is 27.1 Å². The molecule has 0 aromatic carbocycles. The summed E-state index contributed by atoms with van der Waals surface area (Å²) in [7, 11) is 1.74. The highest BCUT2D eigenvalue weighted by Crippen LogP contribution is 2.39. The molecule has 0 spiro atoms. The van der Waals surface area contributed by atoms with Crippen molar-refractivity contribution in [2.75, 3.05) is 7.11 Å². The largest absolute Gasteiger partial charge is 0.493 e. The first-order valence-corrected chi connectivity index (χ1v) is 7.41. The van der Waals surface area contributed by atoms with Gasteiger partial charge in [0, 0.05) is 17.3 Å². The average molecular weight is 301 g/mol. The second-order valence-electron chi connectivity index (χ2n) is 4.78. The molecule has 1 aromatic heterocycles. The fourth-order valence-electron chi connectivity index (χ4n) is 2.72. The monoisotopic (exact) mass is 300 g/mol. The minimum absolute atomic E-state index is 0.595. The van der Waals surface area contributed by atoms with Crippen molar-refractivity contribution in [1.82, 2.24) is 9.78 Å². The van der Waals surface area contributed by atoms with Gasteiger partial charge in [0.25, 0.3) is 0 Å². The summed E-state index contributed by atoms with van der Waals surface area (Å²) in [5, 5.41) is 4.45. The van der Waals surface area contributed by atoms with Crippen LogP contribution >= 0.6 is 15.9 Å². The standard InChI is InChI=1S/C13H21BrN2O/c1-3-7-16-13(12(17-2)9-15-16)10-5-4-6-11(14)8-10/h9-11H,3-8H2,1-2H3. The second kappa shape index (κ2) is 5.89. The molecule has 0 amide bonds. The summed E-state index contributed by atoms with van der Waals surface area (Å²) >= 11 is 3.75. The molecule has 0 N–H and O–H groups in total. The summed E-state index contributed by atoms with van der Waals surface area (Å²) < 4.78 is 7.60. The first-order chi connectivity index (χ1) is 8.26. The van der Waals surface area contributed by atoms with Crippen LogP contribution in [0.2, 0.25) is 0 Å². The van der Waals surface area contributed by atoms with Crippen molar-refractivity contribution >= 4 is 15.9 Å². The summed E-state index contributed by atoms with van der Waals surface area (Å²) in [6, 6.07) is 0. The van der Waals surface area contributed by atoms with Crippen molar-refractivity contribution in [2.45, 2.75) is 56.3 Å². The quantitative estimate of drug-likeness (QED) is 0.792. The Morgan fingerprint density at radius 2 is 2.35 bits per heavy atom. The predicted molar refractivity (Wildman–Crippen MR) is 73.0 cm³/mol. The maximum Gasteiger partial charge on any atom is 0.160 e. The van der Waals surface area contributed by atoms with E-state index in [1.807, 2.05) is 6.20 Å². The Hall–Kier alpha value is -0.510. The number of ether oxygens (including phenoxy) is 1. The zero-order chi connectivity index (χ0) is 12.3. The van der Waals surface area contributed by atoms with Crippen LogP contribution in [0.15, 0.2) is 6.20 Å². The van der Waals surface area contributed by atoms with E-state index >= 15 is 0 Å². The van der Waals surface area contributed by atoms with Crippen LogP contribution in [0.4, 0.5) is 0 Å². The molecule has 1 aromatic rings. The smallest absolute Gasteiger partial charge is 0.160 e. The molecular formula is C13H21BrN2O. The molecule has 1 heterocycles. The number of methoxy groups -OCH3 is 1. The Morgan fingerprint density at radius 3 is 3.00 bits per heavy atom. The fraction of sp³-hybridized carbons (Fsp3) is 0.769. The van der Waals surface area contributed by atoms with Crippen molar-refractivity contribution in [1.29, 1.82) is 0 Å². The third-order valence-corrected chi connectivity index (χ3v) is 4.33. The lowest BCUT2D eigenvalue weighted by molar-refractivity contribution is 0.377. The summed E-state index contributed by atoms with van der Waals surface area (Å²) in [4.78, 5) is 0.649. The average Bonchev–Trinajstić information content (AvgIpc) is 2.72. The van der Waals surface area contributed by atoms with E-state index in [0.29, 0.717) is 10.7 Å². The van der Waals surface area contributed by atoms with Crippen LogP contribution in [-0.4, -0.2) is 21.7 Å². The molecule has 0 radical (unpaired) electrons. The molecular weight excluding hydrogens is 280 g/mol. The van der Waals surface area contributed by atoms with Gasteiger partial charge in [-0.05, 0) is 25.7 Å². The van der Waals surface area contributed by atoms with Crippen LogP contribution in [0.5, 0.6) is 5.75 Å². The van der Waals surface area contributed by atoms with Gasteiger partial charge >= 0.3 is 0 Å². The van der Waals surface area contributed by atoms with Gasteiger partial charge in [0.05, 0.1) is 19.0 Å². The lowest BCUT2D eigenvalue weighted by atomic mass is 9.86. The van der Waals surface area contributed by atoms with Crippen molar-refractivity contribution in [3.63, 3.8) is 0 Å². The van der Waals surface area contributed by atoms with Crippen LogP contribution in [0, 0.1) is 0 Å². The number of aryl methyl sites for hydroxylation is 1. The van der Waals surface area contributed by atoms with Crippen LogP contribution in [0.1, 0.15) is 50.6 Å². The Balaban J connectivity index is 2.24. The number of rotatable bonds is 4. The Bertz CT molecular complexity index is 364. The maximum atomic E-state index is 5.46. The molecule has 17 heavy (non-hydrogen) atoms. The van der Waals surface area contributed by atoms with Crippen molar-refractivity contribution in [2.24, 2.45) is 0 Å². The molecule has 3 nitrogen and oxygen atoms in total. The van der Waals surface area contributed by atoms with E-state index in [0.717, 1.165) is 18.7 Å². The van der Waals surface area contributed by atoms with Crippen LogP contribution in [0.25, 0.3) is 0 Å². The molecule has 0 bridgehead atoms. The number of hydrogen-bond donors (Lipinski definition) is 0. The molecule has 2 unspecified atom stereocenters. The molecule has 1 aliphatic carbocycles. The van der Waals surface area contributed by atoms with E-state index in [-0.39, 0.29) is 0 Å². The number of hydrogen-bond acceptors (Lipinski definition) is 2. The first kappa shape index (κ1) is 12.9. The Kier molecular flexibility index (Phi) is 4.48. The van der Waals surface area contributed by atoms with Gasteiger partial charge in [-0.3, -0.25) is 4.68 Å². The molecule has 2 rings (SSSR count). The molecule has 1 saturated carbocycles. The molecule has 4 heteroatoms. The van der Waals surface area contributed by atoms with Gasteiger partial charge in [0.15, 0.2) is 5.75 Å². The molecule has 2 atom stereocenters. The Labute approximate surface area is 112 Å². The van der Waals surface area contributed by atoms with Crippen molar-refractivity contribution in [3.8, 4) is 5.75 Å². The normalized spacial score (nSPS) is 24.9. The maximum absolute atomic E-state index is 5.46. The summed E-state index contributed by atoms with van der Waals surface area (Å²) in [5.41, 5.74) is 1.30. The van der Waals surface area contributed by atoms with Crippen molar-refractivity contribution in [3.05, 3.63) is 11.9 Å². The minimum Gasteiger partial charge on any atom is -0.493 e. The molecule has 96 valence electrons. The minimum atomic E-state index is 0.595. The summed E-state index contributed by atoms with van der Waals surface area (Å²) in [6.45, 7) is 3.17. The molecule has 0 aliphatic heterocycles. The third-order valence-electron chi connectivity index (χ3n) is 3.50. The molecule has 1 fully saturated rings. The third kappa shape index (κ3) is 2.84. The number of aromatic nitrogens is 2. The Morgan fingerprint density at radius 1 is 1.53 bits per heavy atom. The van der Waals surface area contributed by atoms with Gasteiger partial charge in [0.1, 0.15) is 0 Å². The SMILES string of the molecule is CCCn1ncc(OC)c1C1CCCC(Br)C1. The van der Waals surface area contributed by atoms with E-state index in [1.165, 1.54) is 31.4 Å². The van der Waals surface area contributed by atoms with E-state index in [4.69, 9.17) is 4.74 Å². The lowest BCUT2D eigenvalue weighted by Gasteiger charge is -2.26. The highest BCUT2D eigenvalue weighted by atomic mass is 79.9. The van der Waals surface area contributed by atoms with Gasteiger partial charge in [0.2, 0.25) is 0 Å². The van der Waals surface area contributed by atoms with Crippen molar-refractivity contribution < 1.29 is 4.74 Å². The van der Waals surface area contributed by atoms with Crippen LogP contribution in [-0.2, 0) is 6.54 Å². The number of halogens is 1. The van der Waals surface area contributed by atoms with Gasteiger partial charge < -0.3 is 4.74 Å². The highest BCUT2D eigenvalue weighted by molar-refractivity contribution is 9.09. The molecule has 0 saturated heterocycles. The fourth-order valence-corrected chi connectivity index (χ4v) is 3.49. The van der Waals surface area contributed by atoms with Crippen LogP contribution in [0.3, 0.4) is 0 Å².